The zero-order chi connectivity index (χ0) is 17.7. The molecule has 4 heteroatoms. The molecule has 2 unspecified atom stereocenters. The van der Waals surface area contributed by atoms with Gasteiger partial charge >= 0.3 is 0 Å². The average molecular weight is 337 g/mol. The summed E-state index contributed by atoms with van der Waals surface area (Å²) in [5.41, 5.74) is -0.139. The number of nitrogens with zero attached hydrogens (tertiary/aromatic N) is 1. The van der Waals surface area contributed by atoms with Crippen molar-refractivity contribution in [2.45, 2.75) is 85.1 Å². The molecule has 2 fully saturated rings. The van der Waals surface area contributed by atoms with Crippen LogP contribution in [-0.2, 0) is 9.59 Å². The van der Waals surface area contributed by atoms with Crippen LogP contribution < -0.4 is 5.32 Å². The molecule has 138 valence electrons. The van der Waals surface area contributed by atoms with Gasteiger partial charge in [-0.3, -0.25) is 9.59 Å². The second-order valence-corrected chi connectivity index (χ2v) is 8.70. The molecule has 2 atom stereocenters. The first kappa shape index (κ1) is 19.3. The second-order valence-electron chi connectivity index (χ2n) is 8.70. The van der Waals surface area contributed by atoms with Crippen LogP contribution in [0.15, 0.2) is 0 Å². The monoisotopic (exact) mass is 336 g/mol. The number of likely N-dealkylation sites (tertiary alicyclic amines) is 1. The maximum atomic E-state index is 12.9. The van der Waals surface area contributed by atoms with E-state index in [9.17, 15) is 9.59 Å². The highest BCUT2D eigenvalue weighted by atomic mass is 16.2. The van der Waals surface area contributed by atoms with Crippen molar-refractivity contribution in [1.82, 2.24) is 10.2 Å². The van der Waals surface area contributed by atoms with Gasteiger partial charge in [-0.1, -0.05) is 47.0 Å². The number of hydrogen-bond acceptors (Lipinski definition) is 2. The van der Waals surface area contributed by atoms with Crippen LogP contribution in [-0.4, -0.2) is 35.8 Å². The van der Waals surface area contributed by atoms with Gasteiger partial charge in [0, 0.05) is 31.0 Å². The van der Waals surface area contributed by atoms with Gasteiger partial charge in [-0.25, -0.2) is 0 Å². The highest BCUT2D eigenvalue weighted by molar-refractivity contribution is 5.83. The molecule has 1 aliphatic heterocycles. The third-order valence-corrected chi connectivity index (χ3v) is 6.19. The van der Waals surface area contributed by atoms with Gasteiger partial charge in [0.15, 0.2) is 0 Å². The molecule has 1 aliphatic carbocycles. The number of nitrogens with one attached hydrogen (secondary N) is 1. The van der Waals surface area contributed by atoms with E-state index in [-0.39, 0.29) is 17.4 Å². The molecule has 1 saturated carbocycles. The summed E-state index contributed by atoms with van der Waals surface area (Å²) in [6.45, 7) is 10.1. The molecule has 2 rings (SSSR count). The maximum Gasteiger partial charge on any atom is 0.228 e. The van der Waals surface area contributed by atoms with Gasteiger partial charge in [-0.2, -0.15) is 0 Å². The smallest absolute Gasteiger partial charge is 0.228 e. The van der Waals surface area contributed by atoms with Crippen LogP contribution in [0.2, 0.25) is 0 Å². The quantitative estimate of drug-likeness (QED) is 0.831. The van der Waals surface area contributed by atoms with E-state index in [0.29, 0.717) is 30.7 Å². The topological polar surface area (TPSA) is 49.4 Å². The first-order chi connectivity index (χ1) is 11.3. The van der Waals surface area contributed by atoms with Crippen molar-refractivity contribution in [3.05, 3.63) is 0 Å². The molecule has 0 radical (unpaired) electrons. The minimum atomic E-state index is -0.139. The molecule has 0 spiro atoms. The van der Waals surface area contributed by atoms with E-state index in [1.807, 2.05) is 4.90 Å². The minimum Gasteiger partial charge on any atom is -0.352 e. The molecular weight excluding hydrogens is 300 g/mol. The zero-order valence-electron chi connectivity index (χ0n) is 16.1. The van der Waals surface area contributed by atoms with Crippen molar-refractivity contribution in [2.75, 3.05) is 13.1 Å². The van der Waals surface area contributed by atoms with E-state index in [1.165, 1.54) is 6.42 Å². The molecule has 24 heavy (non-hydrogen) atoms. The fourth-order valence-corrected chi connectivity index (χ4v) is 3.74. The molecule has 1 N–H and O–H groups in total. The van der Waals surface area contributed by atoms with Gasteiger partial charge in [-0.05, 0) is 37.5 Å². The molecule has 0 aromatic carbocycles. The zero-order valence-corrected chi connectivity index (χ0v) is 16.1. The highest BCUT2D eigenvalue weighted by Gasteiger charge is 2.42. The fourth-order valence-electron chi connectivity index (χ4n) is 3.74. The largest absolute Gasteiger partial charge is 0.352 e. The molecule has 4 nitrogen and oxygen atoms in total. The van der Waals surface area contributed by atoms with Crippen LogP contribution in [0.1, 0.15) is 79.1 Å². The van der Waals surface area contributed by atoms with Crippen molar-refractivity contribution in [3.8, 4) is 0 Å². The number of carbonyl (C=O) groups excluding carboxylic acids is 2. The Morgan fingerprint density at radius 1 is 1.12 bits per heavy atom. The minimum absolute atomic E-state index is 0.116. The lowest BCUT2D eigenvalue weighted by Crippen LogP contribution is -2.52. The molecule has 0 bridgehead atoms. The van der Waals surface area contributed by atoms with E-state index in [0.717, 1.165) is 45.1 Å². The molecule has 2 amide bonds. The predicted molar refractivity (Wildman–Crippen MR) is 97.6 cm³/mol. The number of carbonyl (C=O) groups is 2. The van der Waals surface area contributed by atoms with Gasteiger partial charge in [0.1, 0.15) is 0 Å². The summed E-state index contributed by atoms with van der Waals surface area (Å²) in [5, 5.41) is 3.21. The third kappa shape index (κ3) is 4.97. The summed E-state index contributed by atoms with van der Waals surface area (Å²) in [6, 6.07) is 0.116. The van der Waals surface area contributed by atoms with Gasteiger partial charge < -0.3 is 10.2 Å². The summed E-state index contributed by atoms with van der Waals surface area (Å²) >= 11 is 0. The van der Waals surface area contributed by atoms with E-state index in [4.69, 9.17) is 0 Å². The van der Waals surface area contributed by atoms with Crippen LogP contribution in [0.3, 0.4) is 0 Å². The number of rotatable bonds is 5. The Labute approximate surface area is 147 Å². The first-order valence-electron chi connectivity index (χ1n) is 9.90. The first-order valence-corrected chi connectivity index (χ1v) is 9.90. The normalized spacial score (nSPS) is 25.4. The van der Waals surface area contributed by atoms with E-state index in [1.54, 1.807) is 0 Å². The molecule has 1 heterocycles. The third-order valence-electron chi connectivity index (χ3n) is 6.19. The van der Waals surface area contributed by atoms with Gasteiger partial charge in [0.05, 0.1) is 0 Å². The molecule has 0 aromatic rings. The van der Waals surface area contributed by atoms with E-state index < -0.39 is 0 Å². The second kappa shape index (κ2) is 8.35. The van der Waals surface area contributed by atoms with Gasteiger partial charge in [0.25, 0.3) is 0 Å². The van der Waals surface area contributed by atoms with Crippen molar-refractivity contribution in [3.63, 3.8) is 0 Å². The Balaban J connectivity index is 1.92. The maximum absolute atomic E-state index is 12.9. The Morgan fingerprint density at radius 3 is 2.42 bits per heavy atom. The summed E-state index contributed by atoms with van der Waals surface area (Å²) in [7, 11) is 0. The Hall–Kier alpha value is -1.06. The lowest BCUT2D eigenvalue weighted by molar-refractivity contribution is -0.147. The summed E-state index contributed by atoms with van der Waals surface area (Å²) in [6.07, 6.45) is 8.16. The molecule has 0 aromatic heterocycles. The fraction of sp³-hybridized carbons (Fsp3) is 0.900. The Morgan fingerprint density at radius 2 is 1.83 bits per heavy atom. The molecule has 2 aliphatic rings. The summed E-state index contributed by atoms with van der Waals surface area (Å²) < 4.78 is 0. The Kier molecular flexibility index (Phi) is 6.70. The lowest BCUT2D eigenvalue weighted by Gasteiger charge is -2.42. The van der Waals surface area contributed by atoms with Crippen LogP contribution >= 0.6 is 0 Å². The predicted octanol–water partition coefficient (Wildman–Crippen LogP) is 3.75. The highest BCUT2D eigenvalue weighted by Crippen LogP contribution is 2.42. The standard InChI is InChI=1S/C20H36N2O2/c1-15(2)16(3)13-18(23)21-17-9-6-5-7-12-22(14-17)19(24)20(4)10-8-11-20/h15-17H,5-14H2,1-4H3,(H,21,23). The number of amides is 2. The van der Waals surface area contributed by atoms with Crippen LogP contribution in [0.4, 0.5) is 0 Å². The molecular formula is C20H36N2O2. The summed E-state index contributed by atoms with van der Waals surface area (Å²) in [4.78, 5) is 27.3. The van der Waals surface area contributed by atoms with E-state index >= 15 is 0 Å². The summed E-state index contributed by atoms with van der Waals surface area (Å²) in [5.74, 6) is 1.37. The Bertz CT molecular complexity index is 443. The van der Waals surface area contributed by atoms with Crippen molar-refractivity contribution in [2.24, 2.45) is 17.3 Å². The van der Waals surface area contributed by atoms with Gasteiger partial charge in [-0.15, -0.1) is 0 Å². The SMILES string of the molecule is CC(C)C(C)CC(=O)NC1CCCCCN(C(=O)C2(C)CCC2)C1. The van der Waals surface area contributed by atoms with Crippen LogP contribution in [0.25, 0.3) is 0 Å². The van der Waals surface area contributed by atoms with E-state index in [2.05, 4.69) is 33.0 Å². The van der Waals surface area contributed by atoms with Gasteiger partial charge in [0.2, 0.25) is 11.8 Å². The van der Waals surface area contributed by atoms with Crippen molar-refractivity contribution >= 4 is 11.8 Å². The lowest BCUT2D eigenvalue weighted by atomic mass is 9.69. The van der Waals surface area contributed by atoms with Crippen molar-refractivity contribution < 1.29 is 9.59 Å². The average Bonchev–Trinajstić information content (AvgIpc) is 2.46. The number of hydrogen-bond donors (Lipinski definition) is 1. The van der Waals surface area contributed by atoms with Crippen LogP contribution in [0, 0.1) is 17.3 Å². The van der Waals surface area contributed by atoms with Crippen LogP contribution in [0.5, 0.6) is 0 Å². The molecule has 1 saturated heterocycles. The van der Waals surface area contributed by atoms with Crippen molar-refractivity contribution in [1.29, 1.82) is 0 Å².